The number of nitrogens with zero attached hydrogens (tertiary/aromatic N) is 6. The highest BCUT2D eigenvalue weighted by atomic mass is 16.2. The summed E-state index contributed by atoms with van der Waals surface area (Å²) in [4.78, 5) is 31.3. The molecule has 0 radical (unpaired) electrons. The predicted octanol–water partition coefficient (Wildman–Crippen LogP) is 0.731. The van der Waals surface area contributed by atoms with Crippen LogP contribution in [0.15, 0.2) is 0 Å². The van der Waals surface area contributed by atoms with Crippen molar-refractivity contribution in [3.8, 4) is 0 Å². The molecule has 0 bridgehead atoms. The zero-order valence-corrected chi connectivity index (χ0v) is 17.1. The molecule has 4 heterocycles. The fourth-order valence-corrected chi connectivity index (χ4v) is 4.82. The van der Waals surface area contributed by atoms with E-state index in [1.54, 1.807) is 0 Å². The van der Waals surface area contributed by atoms with Crippen molar-refractivity contribution >= 4 is 11.8 Å². The van der Waals surface area contributed by atoms with Gasteiger partial charge in [-0.3, -0.25) is 9.59 Å². The minimum Gasteiger partial charge on any atom is -0.342 e. The van der Waals surface area contributed by atoms with E-state index in [1.165, 1.54) is 0 Å². The second-order valence-electron chi connectivity index (χ2n) is 8.52. The predicted molar refractivity (Wildman–Crippen MR) is 105 cm³/mol. The van der Waals surface area contributed by atoms with E-state index in [-0.39, 0.29) is 17.7 Å². The van der Waals surface area contributed by atoms with Gasteiger partial charge < -0.3 is 19.3 Å². The maximum Gasteiger partial charge on any atom is 0.228 e. The first-order valence-corrected chi connectivity index (χ1v) is 10.7. The molecule has 2 amide bonds. The average molecular weight is 389 g/mol. The van der Waals surface area contributed by atoms with Gasteiger partial charge in [0.25, 0.3) is 0 Å². The fraction of sp³-hybridized carbons (Fsp3) is 0.800. The number of amides is 2. The summed E-state index contributed by atoms with van der Waals surface area (Å²) < 4.78 is 2.26. The molecule has 8 nitrogen and oxygen atoms in total. The van der Waals surface area contributed by atoms with Gasteiger partial charge in [-0.25, -0.2) is 0 Å². The van der Waals surface area contributed by atoms with Gasteiger partial charge in [-0.2, -0.15) is 0 Å². The van der Waals surface area contributed by atoms with E-state index < -0.39 is 0 Å². The molecule has 0 spiro atoms. The van der Waals surface area contributed by atoms with Crippen molar-refractivity contribution in [3.63, 3.8) is 0 Å². The standard InChI is InChI=1S/C20H32N6O2/c1-3-7-25-14-16(13-18(25)27)20(28)24-10-6-17-21-22-19(26(17)12-11-24)15-4-8-23(2)9-5-15/h15-16H,3-14H2,1-2H3. The molecule has 3 aliphatic heterocycles. The van der Waals surface area contributed by atoms with Crippen LogP contribution < -0.4 is 0 Å². The monoisotopic (exact) mass is 388 g/mol. The molecule has 0 aromatic carbocycles. The number of hydrogen-bond donors (Lipinski definition) is 0. The van der Waals surface area contributed by atoms with E-state index in [4.69, 9.17) is 0 Å². The number of carbonyl (C=O) groups is 2. The van der Waals surface area contributed by atoms with Crippen LogP contribution in [0.2, 0.25) is 0 Å². The summed E-state index contributed by atoms with van der Waals surface area (Å²) in [6.45, 7) is 7.70. The van der Waals surface area contributed by atoms with Gasteiger partial charge in [-0.05, 0) is 39.4 Å². The number of piperidine rings is 1. The van der Waals surface area contributed by atoms with Crippen molar-refractivity contribution in [1.29, 1.82) is 0 Å². The van der Waals surface area contributed by atoms with Crippen molar-refractivity contribution in [1.82, 2.24) is 29.5 Å². The van der Waals surface area contributed by atoms with Crippen molar-refractivity contribution in [2.24, 2.45) is 5.92 Å². The maximum absolute atomic E-state index is 13.0. The van der Waals surface area contributed by atoms with Crippen LogP contribution in [0.3, 0.4) is 0 Å². The van der Waals surface area contributed by atoms with Crippen molar-refractivity contribution in [3.05, 3.63) is 11.6 Å². The minimum atomic E-state index is -0.184. The van der Waals surface area contributed by atoms with Crippen molar-refractivity contribution < 1.29 is 9.59 Å². The molecule has 1 aromatic rings. The SMILES string of the molecule is CCCN1CC(C(=O)N2CCc3nnc(C4CCN(C)CC4)n3CC2)CC1=O. The molecule has 2 saturated heterocycles. The van der Waals surface area contributed by atoms with E-state index in [0.717, 1.165) is 63.5 Å². The molecule has 1 atom stereocenters. The summed E-state index contributed by atoms with van der Waals surface area (Å²) >= 11 is 0. The first-order chi connectivity index (χ1) is 13.6. The van der Waals surface area contributed by atoms with Gasteiger partial charge in [0.2, 0.25) is 11.8 Å². The molecule has 1 aromatic heterocycles. The lowest BCUT2D eigenvalue weighted by Gasteiger charge is -2.28. The van der Waals surface area contributed by atoms with E-state index in [9.17, 15) is 9.59 Å². The zero-order chi connectivity index (χ0) is 19.7. The number of hydrogen-bond acceptors (Lipinski definition) is 5. The van der Waals surface area contributed by atoms with Crippen LogP contribution in [0.1, 0.15) is 50.2 Å². The van der Waals surface area contributed by atoms with Crippen LogP contribution in [0.5, 0.6) is 0 Å². The normalized spacial score (nSPS) is 24.5. The Hall–Kier alpha value is -1.96. The summed E-state index contributed by atoms with van der Waals surface area (Å²) in [6.07, 6.45) is 4.28. The summed E-state index contributed by atoms with van der Waals surface area (Å²) in [7, 11) is 2.17. The Morgan fingerprint density at radius 1 is 1.11 bits per heavy atom. The third-order valence-electron chi connectivity index (χ3n) is 6.51. The molecule has 0 saturated carbocycles. The lowest BCUT2D eigenvalue weighted by molar-refractivity contribution is -0.135. The molecular weight excluding hydrogens is 356 g/mol. The lowest BCUT2D eigenvalue weighted by Crippen LogP contribution is -2.39. The number of aromatic nitrogens is 3. The molecule has 154 valence electrons. The van der Waals surface area contributed by atoms with Gasteiger partial charge in [0, 0.05) is 51.5 Å². The number of fused-ring (bicyclic) bond motifs is 1. The molecular formula is C20H32N6O2. The number of carbonyl (C=O) groups excluding carboxylic acids is 2. The van der Waals surface area contributed by atoms with Crippen molar-refractivity contribution in [2.45, 2.75) is 51.5 Å². The minimum absolute atomic E-state index is 0.122. The highest BCUT2D eigenvalue weighted by molar-refractivity contribution is 5.89. The fourth-order valence-electron chi connectivity index (χ4n) is 4.82. The Labute approximate surface area is 166 Å². The largest absolute Gasteiger partial charge is 0.342 e. The van der Waals surface area contributed by atoms with Crippen LogP contribution in [-0.2, 0) is 22.6 Å². The Morgan fingerprint density at radius 3 is 2.64 bits per heavy atom. The third-order valence-corrected chi connectivity index (χ3v) is 6.51. The van der Waals surface area contributed by atoms with Crippen LogP contribution >= 0.6 is 0 Å². The number of rotatable bonds is 4. The smallest absolute Gasteiger partial charge is 0.228 e. The van der Waals surface area contributed by atoms with Crippen LogP contribution in [0, 0.1) is 5.92 Å². The van der Waals surface area contributed by atoms with E-state index >= 15 is 0 Å². The quantitative estimate of drug-likeness (QED) is 0.760. The summed E-state index contributed by atoms with van der Waals surface area (Å²) in [6, 6.07) is 0. The van der Waals surface area contributed by atoms with Gasteiger partial charge >= 0.3 is 0 Å². The highest BCUT2D eigenvalue weighted by Gasteiger charge is 2.37. The molecule has 0 N–H and O–H groups in total. The topological polar surface area (TPSA) is 74.6 Å². The highest BCUT2D eigenvalue weighted by Crippen LogP contribution is 2.28. The first-order valence-electron chi connectivity index (χ1n) is 10.7. The first kappa shape index (κ1) is 19.4. The maximum atomic E-state index is 13.0. The lowest BCUT2D eigenvalue weighted by atomic mass is 9.96. The van der Waals surface area contributed by atoms with Gasteiger partial charge in [0.05, 0.1) is 5.92 Å². The Balaban J connectivity index is 1.40. The van der Waals surface area contributed by atoms with Crippen LogP contribution in [-0.4, -0.2) is 87.6 Å². The second-order valence-corrected chi connectivity index (χ2v) is 8.52. The van der Waals surface area contributed by atoms with E-state index in [0.29, 0.717) is 32.0 Å². The average Bonchev–Trinajstić information content (AvgIpc) is 3.19. The molecule has 1 unspecified atom stereocenters. The third kappa shape index (κ3) is 3.79. The Bertz CT molecular complexity index is 724. The van der Waals surface area contributed by atoms with Crippen LogP contribution in [0.4, 0.5) is 0 Å². The van der Waals surface area contributed by atoms with Gasteiger partial charge in [-0.15, -0.1) is 10.2 Å². The molecule has 0 aliphatic carbocycles. The Kier molecular flexibility index (Phi) is 5.66. The molecule has 4 rings (SSSR count). The van der Waals surface area contributed by atoms with Crippen LogP contribution in [0.25, 0.3) is 0 Å². The molecule has 8 heteroatoms. The molecule has 2 fully saturated rings. The summed E-state index contributed by atoms with van der Waals surface area (Å²) in [5.41, 5.74) is 0. The Morgan fingerprint density at radius 2 is 1.89 bits per heavy atom. The molecule has 28 heavy (non-hydrogen) atoms. The summed E-state index contributed by atoms with van der Waals surface area (Å²) in [5, 5.41) is 8.97. The van der Waals surface area contributed by atoms with E-state index in [1.807, 2.05) is 9.80 Å². The second kappa shape index (κ2) is 8.19. The van der Waals surface area contributed by atoms with Gasteiger partial charge in [-0.1, -0.05) is 6.92 Å². The molecule has 3 aliphatic rings. The zero-order valence-electron chi connectivity index (χ0n) is 17.1. The van der Waals surface area contributed by atoms with Gasteiger partial charge in [0.15, 0.2) is 0 Å². The van der Waals surface area contributed by atoms with E-state index in [2.05, 4.69) is 33.6 Å². The van der Waals surface area contributed by atoms with Gasteiger partial charge in [0.1, 0.15) is 11.6 Å². The van der Waals surface area contributed by atoms with Crippen molar-refractivity contribution in [2.75, 3.05) is 46.3 Å². The number of likely N-dealkylation sites (tertiary alicyclic amines) is 2. The summed E-state index contributed by atoms with van der Waals surface area (Å²) in [5.74, 6) is 2.64.